The average Bonchev–Trinajstić information content (AvgIpc) is 2.61. The number of aromatic nitrogens is 2. The molecular weight excluding hydrogens is 190 g/mol. The van der Waals surface area contributed by atoms with E-state index in [2.05, 4.69) is 18.9 Å². The molecule has 84 valence electrons. The normalized spacial score (nSPS) is 10.9. The molecule has 0 radical (unpaired) electrons. The molecule has 0 unspecified atom stereocenters. The van der Waals surface area contributed by atoms with E-state index in [0.717, 1.165) is 6.42 Å². The van der Waals surface area contributed by atoms with Gasteiger partial charge in [-0.25, -0.2) is 0 Å². The van der Waals surface area contributed by atoms with Gasteiger partial charge in [0.05, 0.1) is 6.20 Å². The highest BCUT2D eigenvalue weighted by molar-refractivity contribution is 5.73. The van der Waals surface area contributed by atoms with E-state index in [1.807, 2.05) is 12.4 Å². The van der Waals surface area contributed by atoms with Crippen molar-refractivity contribution >= 4 is 5.91 Å². The molecule has 0 bridgehead atoms. The number of rotatable bonds is 6. The van der Waals surface area contributed by atoms with Crippen LogP contribution < -0.4 is 5.73 Å². The van der Waals surface area contributed by atoms with Crippen LogP contribution in [0.3, 0.4) is 0 Å². The predicted molar refractivity (Wildman–Crippen MR) is 59.2 cm³/mol. The first-order valence-electron chi connectivity index (χ1n) is 5.45. The number of nitrogens with zero attached hydrogens (tertiary/aromatic N) is 2. The van der Waals surface area contributed by atoms with E-state index < -0.39 is 0 Å². The fourth-order valence-corrected chi connectivity index (χ4v) is 1.67. The van der Waals surface area contributed by atoms with Gasteiger partial charge in [0, 0.05) is 6.20 Å². The highest BCUT2D eigenvalue weighted by atomic mass is 16.1. The minimum atomic E-state index is -0.354. The number of hydrogen-bond donors (Lipinski definition) is 1. The fraction of sp³-hybridized carbons (Fsp3) is 0.636. The zero-order valence-electron chi connectivity index (χ0n) is 9.44. The van der Waals surface area contributed by atoms with Crippen LogP contribution in [0.1, 0.15) is 32.3 Å². The highest BCUT2D eigenvalue weighted by Gasteiger charge is 2.07. The maximum atomic E-state index is 10.7. The molecular formula is C11H19N3O. The molecule has 1 rings (SSSR count). The Bertz CT molecular complexity index is 315. The average molecular weight is 209 g/mol. The second kappa shape index (κ2) is 5.53. The van der Waals surface area contributed by atoms with Crippen LogP contribution in [-0.4, -0.2) is 15.7 Å². The molecule has 1 heterocycles. The van der Waals surface area contributed by atoms with Crippen molar-refractivity contribution in [2.45, 2.75) is 39.7 Å². The summed E-state index contributed by atoms with van der Waals surface area (Å²) in [6.45, 7) is 4.56. The molecule has 0 aliphatic heterocycles. The summed E-state index contributed by atoms with van der Waals surface area (Å²) in [5, 5.41) is 4.09. The summed E-state index contributed by atoms with van der Waals surface area (Å²) in [4.78, 5) is 10.7. The van der Waals surface area contributed by atoms with Gasteiger partial charge in [0.15, 0.2) is 0 Å². The highest BCUT2D eigenvalue weighted by Crippen LogP contribution is 2.14. The Morgan fingerprint density at radius 3 is 2.73 bits per heavy atom. The number of carbonyl (C=O) groups excluding carboxylic acids is 1. The lowest BCUT2D eigenvalue weighted by Crippen LogP contribution is -2.18. The van der Waals surface area contributed by atoms with Crippen LogP contribution >= 0.6 is 0 Å². The molecule has 0 saturated heterocycles. The minimum absolute atomic E-state index is 0.170. The van der Waals surface area contributed by atoms with Crippen molar-refractivity contribution in [3.63, 3.8) is 0 Å². The number of nitrogens with two attached hydrogens (primary N) is 1. The summed E-state index contributed by atoms with van der Waals surface area (Å²) < 4.78 is 1.60. The van der Waals surface area contributed by atoms with E-state index in [-0.39, 0.29) is 12.5 Å². The maximum Gasteiger partial charge on any atom is 0.239 e. The maximum absolute atomic E-state index is 10.7. The minimum Gasteiger partial charge on any atom is -0.368 e. The van der Waals surface area contributed by atoms with Crippen molar-refractivity contribution in [2.75, 3.05) is 0 Å². The Morgan fingerprint density at radius 1 is 1.53 bits per heavy atom. The van der Waals surface area contributed by atoms with Crippen LogP contribution in [0.25, 0.3) is 0 Å². The van der Waals surface area contributed by atoms with Gasteiger partial charge in [-0.15, -0.1) is 0 Å². The second-order valence-corrected chi connectivity index (χ2v) is 3.90. The summed E-state index contributed by atoms with van der Waals surface area (Å²) in [6.07, 6.45) is 7.12. The van der Waals surface area contributed by atoms with Gasteiger partial charge in [-0.3, -0.25) is 9.48 Å². The lowest BCUT2D eigenvalue weighted by Gasteiger charge is -2.09. The summed E-state index contributed by atoms with van der Waals surface area (Å²) in [5.41, 5.74) is 6.27. The third-order valence-electron chi connectivity index (χ3n) is 2.68. The molecule has 0 saturated carbocycles. The first kappa shape index (κ1) is 11.8. The zero-order valence-corrected chi connectivity index (χ0v) is 9.44. The molecule has 15 heavy (non-hydrogen) atoms. The SMILES string of the molecule is CCC(CC)Cc1cnn(CC(N)=O)c1. The lowest BCUT2D eigenvalue weighted by molar-refractivity contribution is -0.118. The molecule has 1 aromatic rings. The Morgan fingerprint density at radius 2 is 2.20 bits per heavy atom. The van der Waals surface area contributed by atoms with E-state index in [9.17, 15) is 4.79 Å². The molecule has 1 aromatic heterocycles. The van der Waals surface area contributed by atoms with Gasteiger partial charge in [-0.1, -0.05) is 26.7 Å². The zero-order chi connectivity index (χ0) is 11.3. The van der Waals surface area contributed by atoms with Crippen molar-refractivity contribution in [1.29, 1.82) is 0 Å². The standard InChI is InChI=1S/C11H19N3O/c1-3-9(4-2)5-10-6-13-14(7-10)8-11(12)15/h6-7,9H,3-5,8H2,1-2H3,(H2,12,15). The van der Waals surface area contributed by atoms with Gasteiger partial charge in [0.2, 0.25) is 5.91 Å². The predicted octanol–water partition coefficient (Wildman–Crippen LogP) is 1.35. The van der Waals surface area contributed by atoms with Crippen molar-refractivity contribution in [3.8, 4) is 0 Å². The first-order chi connectivity index (χ1) is 7.15. The monoisotopic (exact) mass is 209 g/mol. The van der Waals surface area contributed by atoms with Crippen LogP contribution in [0.15, 0.2) is 12.4 Å². The second-order valence-electron chi connectivity index (χ2n) is 3.90. The van der Waals surface area contributed by atoms with Gasteiger partial charge in [0.25, 0.3) is 0 Å². The largest absolute Gasteiger partial charge is 0.368 e. The van der Waals surface area contributed by atoms with Gasteiger partial charge in [0.1, 0.15) is 6.54 Å². The van der Waals surface area contributed by atoms with E-state index in [1.165, 1.54) is 18.4 Å². The summed E-state index contributed by atoms with van der Waals surface area (Å²) in [7, 11) is 0. The first-order valence-corrected chi connectivity index (χ1v) is 5.45. The van der Waals surface area contributed by atoms with Crippen molar-refractivity contribution < 1.29 is 4.79 Å². The van der Waals surface area contributed by atoms with Crippen molar-refractivity contribution in [3.05, 3.63) is 18.0 Å². The number of carbonyl (C=O) groups is 1. The van der Waals surface area contributed by atoms with Crippen LogP contribution in [0, 0.1) is 5.92 Å². The molecule has 4 nitrogen and oxygen atoms in total. The van der Waals surface area contributed by atoms with Crippen LogP contribution in [0.4, 0.5) is 0 Å². The van der Waals surface area contributed by atoms with Crippen LogP contribution in [0.5, 0.6) is 0 Å². The summed E-state index contributed by atoms with van der Waals surface area (Å²) in [6, 6.07) is 0. The van der Waals surface area contributed by atoms with Crippen LogP contribution in [0.2, 0.25) is 0 Å². The van der Waals surface area contributed by atoms with Crippen molar-refractivity contribution in [1.82, 2.24) is 9.78 Å². The Balaban J connectivity index is 2.55. The molecule has 1 amide bonds. The van der Waals surface area contributed by atoms with Gasteiger partial charge < -0.3 is 5.73 Å². The molecule has 0 atom stereocenters. The van der Waals surface area contributed by atoms with Gasteiger partial charge in [-0.05, 0) is 17.9 Å². The topological polar surface area (TPSA) is 60.9 Å². The van der Waals surface area contributed by atoms with Crippen molar-refractivity contribution in [2.24, 2.45) is 11.7 Å². The van der Waals surface area contributed by atoms with E-state index >= 15 is 0 Å². The number of amides is 1. The summed E-state index contributed by atoms with van der Waals surface area (Å²) in [5.74, 6) is 0.350. The van der Waals surface area contributed by atoms with E-state index in [1.54, 1.807) is 4.68 Å². The van der Waals surface area contributed by atoms with E-state index in [4.69, 9.17) is 5.73 Å². The quantitative estimate of drug-likeness (QED) is 0.768. The fourth-order valence-electron chi connectivity index (χ4n) is 1.67. The number of primary amides is 1. The van der Waals surface area contributed by atoms with Gasteiger partial charge >= 0.3 is 0 Å². The Hall–Kier alpha value is -1.32. The molecule has 0 fully saturated rings. The molecule has 2 N–H and O–H groups in total. The van der Waals surface area contributed by atoms with E-state index in [0.29, 0.717) is 5.92 Å². The molecule has 4 heteroatoms. The van der Waals surface area contributed by atoms with Gasteiger partial charge in [-0.2, -0.15) is 5.10 Å². The molecule has 0 spiro atoms. The van der Waals surface area contributed by atoms with Crippen LogP contribution in [-0.2, 0) is 17.8 Å². The molecule has 0 aromatic carbocycles. The molecule has 0 aliphatic rings. The third-order valence-corrected chi connectivity index (χ3v) is 2.68. The Labute approximate surface area is 90.5 Å². The third kappa shape index (κ3) is 3.73. The summed E-state index contributed by atoms with van der Waals surface area (Å²) >= 11 is 0. The smallest absolute Gasteiger partial charge is 0.239 e. The lowest BCUT2D eigenvalue weighted by atomic mass is 9.96. The number of hydrogen-bond acceptors (Lipinski definition) is 2. The molecule has 0 aliphatic carbocycles. The Kier molecular flexibility index (Phi) is 4.34.